The Hall–Kier alpha value is -1.04. The Morgan fingerprint density at radius 2 is 2.27 bits per heavy atom. The van der Waals surface area contributed by atoms with Crippen molar-refractivity contribution in [2.45, 2.75) is 45.4 Å². The van der Waals surface area contributed by atoms with Gasteiger partial charge in [-0.3, -0.25) is 0 Å². The largest absolute Gasteiger partial charge is 0.0993 e. The number of rotatable bonds is 2. The van der Waals surface area contributed by atoms with Gasteiger partial charge >= 0.3 is 0 Å². The number of benzene rings is 1. The third-order valence-corrected chi connectivity index (χ3v) is 3.65. The maximum Gasteiger partial charge on any atom is 0.00508 e. The van der Waals surface area contributed by atoms with Gasteiger partial charge in [0.25, 0.3) is 0 Å². The van der Waals surface area contributed by atoms with Crippen molar-refractivity contribution in [3.8, 4) is 0 Å². The minimum Gasteiger partial charge on any atom is -0.0993 e. The van der Waals surface area contributed by atoms with E-state index in [9.17, 15) is 0 Å². The molecule has 0 fully saturated rings. The summed E-state index contributed by atoms with van der Waals surface area (Å²) in [4.78, 5) is 0. The lowest BCUT2D eigenvalue weighted by Crippen LogP contribution is -2.12. The molecule has 1 aromatic rings. The van der Waals surface area contributed by atoms with Crippen molar-refractivity contribution in [1.29, 1.82) is 0 Å². The predicted octanol–water partition coefficient (Wildman–Crippen LogP) is 4.38. The van der Waals surface area contributed by atoms with E-state index in [-0.39, 0.29) is 0 Å². The standard InChI is InChI=1S/C15H20/c1-4-11(2)14-10-6-9-13-8-5-7-12(3)15(13)14/h5,7-8,14H,2,4,6,9-10H2,1,3H3. The first-order chi connectivity index (χ1) is 7.24. The molecule has 1 atom stereocenters. The molecule has 0 N–H and O–H groups in total. The van der Waals surface area contributed by atoms with Crippen molar-refractivity contribution in [3.05, 3.63) is 47.0 Å². The number of fused-ring (bicyclic) bond motifs is 1. The van der Waals surface area contributed by atoms with Crippen LogP contribution in [0.4, 0.5) is 0 Å². The van der Waals surface area contributed by atoms with Gasteiger partial charge in [-0.25, -0.2) is 0 Å². The topological polar surface area (TPSA) is 0 Å². The fourth-order valence-corrected chi connectivity index (χ4v) is 2.75. The number of allylic oxidation sites excluding steroid dienone is 1. The van der Waals surface area contributed by atoms with Gasteiger partial charge in [-0.1, -0.05) is 37.3 Å². The van der Waals surface area contributed by atoms with Gasteiger partial charge < -0.3 is 0 Å². The summed E-state index contributed by atoms with van der Waals surface area (Å²) < 4.78 is 0. The molecule has 0 nitrogen and oxygen atoms in total. The van der Waals surface area contributed by atoms with Crippen LogP contribution in [0.3, 0.4) is 0 Å². The maximum absolute atomic E-state index is 4.24. The molecule has 0 amide bonds. The minimum atomic E-state index is 0.625. The predicted molar refractivity (Wildman–Crippen MR) is 66.3 cm³/mol. The Balaban J connectivity index is 2.45. The Labute approximate surface area is 93.0 Å². The molecule has 1 aliphatic rings. The van der Waals surface area contributed by atoms with Crippen molar-refractivity contribution >= 4 is 0 Å². The highest BCUT2D eigenvalue weighted by atomic mass is 14.3. The first kappa shape index (κ1) is 10.5. The second kappa shape index (κ2) is 4.22. The molecule has 0 saturated heterocycles. The van der Waals surface area contributed by atoms with Gasteiger partial charge in [0, 0.05) is 5.92 Å². The lowest BCUT2D eigenvalue weighted by atomic mass is 9.76. The summed E-state index contributed by atoms with van der Waals surface area (Å²) in [5.41, 5.74) is 5.99. The van der Waals surface area contributed by atoms with Crippen LogP contribution in [0, 0.1) is 6.92 Å². The van der Waals surface area contributed by atoms with Gasteiger partial charge in [0.15, 0.2) is 0 Å². The van der Waals surface area contributed by atoms with Gasteiger partial charge in [-0.2, -0.15) is 0 Å². The first-order valence-corrected chi connectivity index (χ1v) is 6.00. The summed E-state index contributed by atoms with van der Waals surface area (Å²) in [6, 6.07) is 6.71. The van der Waals surface area contributed by atoms with Crippen molar-refractivity contribution in [3.63, 3.8) is 0 Å². The average molecular weight is 200 g/mol. The van der Waals surface area contributed by atoms with Crippen LogP contribution in [-0.2, 0) is 6.42 Å². The monoisotopic (exact) mass is 200 g/mol. The van der Waals surface area contributed by atoms with Gasteiger partial charge in [0.1, 0.15) is 0 Å². The zero-order valence-corrected chi connectivity index (χ0v) is 9.84. The van der Waals surface area contributed by atoms with E-state index in [0.717, 1.165) is 6.42 Å². The van der Waals surface area contributed by atoms with E-state index in [0.29, 0.717) is 5.92 Å². The Morgan fingerprint density at radius 3 is 3.00 bits per heavy atom. The Bertz CT molecular complexity index is 374. The summed E-state index contributed by atoms with van der Waals surface area (Å²) in [5, 5.41) is 0. The zero-order valence-electron chi connectivity index (χ0n) is 9.84. The highest BCUT2D eigenvalue weighted by Gasteiger charge is 2.22. The molecule has 80 valence electrons. The summed E-state index contributed by atoms with van der Waals surface area (Å²) in [5.74, 6) is 0.625. The Kier molecular flexibility index (Phi) is 2.95. The van der Waals surface area contributed by atoms with Crippen molar-refractivity contribution < 1.29 is 0 Å². The number of hydrogen-bond donors (Lipinski definition) is 0. The fourth-order valence-electron chi connectivity index (χ4n) is 2.75. The normalized spacial score (nSPS) is 19.7. The lowest BCUT2D eigenvalue weighted by Gasteiger charge is -2.28. The summed E-state index contributed by atoms with van der Waals surface area (Å²) >= 11 is 0. The van der Waals surface area contributed by atoms with Crippen LogP contribution in [0.1, 0.15) is 48.8 Å². The molecule has 0 bridgehead atoms. The second-order valence-electron chi connectivity index (χ2n) is 4.60. The molecule has 0 aliphatic heterocycles. The average Bonchev–Trinajstić information content (AvgIpc) is 2.28. The van der Waals surface area contributed by atoms with E-state index < -0.39 is 0 Å². The molecular weight excluding hydrogens is 180 g/mol. The van der Waals surface area contributed by atoms with Crippen LogP contribution >= 0.6 is 0 Å². The van der Waals surface area contributed by atoms with Crippen molar-refractivity contribution in [2.24, 2.45) is 0 Å². The fraction of sp³-hybridized carbons (Fsp3) is 0.467. The molecule has 0 saturated carbocycles. The molecule has 15 heavy (non-hydrogen) atoms. The van der Waals surface area contributed by atoms with Crippen LogP contribution in [-0.4, -0.2) is 0 Å². The first-order valence-electron chi connectivity index (χ1n) is 6.00. The quantitative estimate of drug-likeness (QED) is 0.621. The van der Waals surface area contributed by atoms with E-state index >= 15 is 0 Å². The zero-order chi connectivity index (χ0) is 10.8. The molecule has 0 heterocycles. The molecule has 2 rings (SSSR count). The van der Waals surface area contributed by atoms with E-state index in [1.165, 1.54) is 30.4 Å². The van der Waals surface area contributed by atoms with E-state index in [4.69, 9.17) is 0 Å². The van der Waals surface area contributed by atoms with Crippen molar-refractivity contribution in [2.75, 3.05) is 0 Å². The van der Waals surface area contributed by atoms with Crippen molar-refractivity contribution in [1.82, 2.24) is 0 Å². The molecule has 1 aromatic carbocycles. The highest BCUT2D eigenvalue weighted by Crippen LogP contribution is 2.38. The summed E-state index contributed by atoms with van der Waals surface area (Å²) in [7, 11) is 0. The van der Waals surface area contributed by atoms with E-state index in [1.54, 1.807) is 11.1 Å². The molecule has 0 radical (unpaired) electrons. The molecular formula is C15H20. The summed E-state index contributed by atoms with van der Waals surface area (Å²) in [6.07, 6.45) is 4.98. The van der Waals surface area contributed by atoms with Crippen LogP contribution in [0.25, 0.3) is 0 Å². The van der Waals surface area contributed by atoms with E-state index in [2.05, 4.69) is 38.6 Å². The smallest absolute Gasteiger partial charge is 0.00508 e. The molecule has 0 spiro atoms. The SMILES string of the molecule is C=C(CC)C1CCCc2cccc(C)c21. The molecule has 1 aliphatic carbocycles. The van der Waals surface area contributed by atoms with Gasteiger partial charge in [0.2, 0.25) is 0 Å². The van der Waals surface area contributed by atoms with Gasteiger partial charge in [-0.15, -0.1) is 0 Å². The van der Waals surface area contributed by atoms with Gasteiger partial charge in [-0.05, 0) is 49.3 Å². The molecule has 0 heteroatoms. The summed E-state index contributed by atoms with van der Waals surface area (Å²) in [6.45, 7) is 8.69. The van der Waals surface area contributed by atoms with Gasteiger partial charge in [0.05, 0.1) is 0 Å². The molecule has 0 aromatic heterocycles. The molecule has 1 unspecified atom stereocenters. The number of aryl methyl sites for hydroxylation is 2. The third-order valence-electron chi connectivity index (χ3n) is 3.65. The second-order valence-corrected chi connectivity index (χ2v) is 4.60. The van der Waals surface area contributed by atoms with Crippen LogP contribution in [0.2, 0.25) is 0 Å². The minimum absolute atomic E-state index is 0.625. The lowest BCUT2D eigenvalue weighted by molar-refractivity contribution is 0.595. The van der Waals surface area contributed by atoms with Crippen LogP contribution in [0.15, 0.2) is 30.4 Å². The van der Waals surface area contributed by atoms with Crippen LogP contribution in [0.5, 0.6) is 0 Å². The third kappa shape index (κ3) is 1.86. The van der Waals surface area contributed by atoms with E-state index in [1.807, 2.05) is 0 Å². The number of hydrogen-bond acceptors (Lipinski definition) is 0. The van der Waals surface area contributed by atoms with Crippen LogP contribution < -0.4 is 0 Å². The maximum atomic E-state index is 4.24. The Morgan fingerprint density at radius 1 is 1.47 bits per heavy atom. The highest BCUT2D eigenvalue weighted by molar-refractivity contribution is 5.42.